The molecule has 2 aromatic rings. The first-order chi connectivity index (χ1) is 9.99. The standard InChI is InChI=1S/C16H21Cl2N3/c1-4-19-13(10-14-7-11(2)20-21(14)3)8-12-5-6-15(17)16(18)9-12/h5-7,9,13,19H,4,8,10H2,1-3H3. The van der Waals surface area contributed by atoms with Crippen LogP contribution in [0.3, 0.4) is 0 Å². The second-order valence-electron chi connectivity index (χ2n) is 5.31. The molecule has 0 radical (unpaired) electrons. The first kappa shape index (κ1) is 16.3. The van der Waals surface area contributed by atoms with Gasteiger partial charge in [0.2, 0.25) is 0 Å². The number of rotatable bonds is 6. The SMILES string of the molecule is CCNC(Cc1ccc(Cl)c(Cl)c1)Cc1cc(C)nn1C. The predicted octanol–water partition coefficient (Wildman–Crippen LogP) is 3.80. The lowest BCUT2D eigenvalue weighted by molar-refractivity contribution is 0.504. The molecule has 1 heterocycles. The lowest BCUT2D eigenvalue weighted by Crippen LogP contribution is -2.33. The summed E-state index contributed by atoms with van der Waals surface area (Å²) in [5.41, 5.74) is 3.48. The van der Waals surface area contributed by atoms with Crippen LogP contribution in [0.15, 0.2) is 24.3 Å². The first-order valence-electron chi connectivity index (χ1n) is 7.16. The third kappa shape index (κ3) is 4.47. The number of likely N-dealkylation sites (N-methyl/N-ethyl adjacent to an activating group) is 1. The van der Waals surface area contributed by atoms with Crippen LogP contribution in [0.4, 0.5) is 0 Å². The van der Waals surface area contributed by atoms with Crippen LogP contribution < -0.4 is 5.32 Å². The second kappa shape index (κ2) is 7.30. The zero-order valence-corrected chi connectivity index (χ0v) is 14.2. The van der Waals surface area contributed by atoms with Gasteiger partial charge in [-0.2, -0.15) is 5.10 Å². The number of nitrogens with zero attached hydrogens (tertiary/aromatic N) is 2. The molecule has 0 aliphatic carbocycles. The van der Waals surface area contributed by atoms with Gasteiger partial charge in [0.1, 0.15) is 0 Å². The minimum Gasteiger partial charge on any atom is -0.314 e. The van der Waals surface area contributed by atoms with Gasteiger partial charge >= 0.3 is 0 Å². The summed E-state index contributed by atoms with van der Waals surface area (Å²) in [7, 11) is 1.99. The van der Waals surface area contributed by atoms with Gasteiger partial charge < -0.3 is 5.32 Å². The number of nitrogens with one attached hydrogen (secondary N) is 1. The molecule has 1 aromatic carbocycles. The molecule has 5 heteroatoms. The predicted molar refractivity (Wildman–Crippen MR) is 89.3 cm³/mol. The van der Waals surface area contributed by atoms with Crippen molar-refractivity contribution in [2.24, 2.45) is 7.05 Å². The highest BCUT2D eigenvalue weighted by molar-refractivity contribution is 6.42. The topological polar surface area (TPSA) is 29.9 Å². The highest BCUT2D eigenvalue weighted by Crippen LogP contribution is 2.23. The van der Waals surface area contributed by atoms with Gasteiger partial charge in [-0.3, -0.25) is 4.68 Å². The summed E-state index contributed by atoms with van der Waals surface area (Å²) in [6, 6.07) is 8.33. The number of hydrogen-bond acceptors (Lipinski definition) is 2. The fraction of sp³-hybridized carbons (Fsp3) is 0.438. The van der Waals surface area contributed by atoms with Crippen molar-refractivity contribution in [1.29, 1.82) is 0 Å². The van der Waals surface area contributed by atoms with Crippen LogP contribution >= 0.6 is 23.2 Å². The van der Waals surface area contributed by atoms with Crippen molar-refractivity contribution in [3.8, 4) is 0 Å². The Labute approximate surface area is 136 Å². The Hall–Kier alpha value is -1.03. The Bertz CT molecular complexity index is 608. The van der Waals surface area contributed by atoms with Crippen molar-refractivity contribution in [2.75, 3.05) is 6.54 Å². The van der Waals surface area contributed by atoms with Gasteiger partial charge in [0.15, 0.2) is 0 Å². The maximum atomic E-state index is 6.10. The molecule has 0 saturated carbocycles. The fourth-order valence-corrected chi connectivity index (χ4v) is 2.88. The molecule has 0 spiro atoms. The third-order valence-corrected chi connectivity index (χ3v) is 4.25. The molecule has 0 aliphatic rings. The van der Waals surface area contributed by atoms with E-state index in [-0.39, 0.29) is 0 Å². The van der Waals surface area contributed by atoms with E-state index in [0.717, 1.165) is 25.1 Å². The Morgan fingerprint density at radius 2 is 1.95 bits per heavy atom. The van der Waals surface area contributed by atoms with Crippen LogP contribution in [0.5, 0.6) is 0 Å². The number of aryl methyl sites for hydroxylation is 2. The smallest absolute Gasteiger partial charge is 0.0596 e. The number of aromatic nitrogens is 2. The lowest BCUT2D eigenvalue weighted by Gasteiger charge is -2.18. The van der Waals surface area contributed by atoms with E-state index in [9.17, 15) is 0 Å². The normalized spacial score (nSPS) is 12.6. The van der Waals surface area contributed by atoms with Gasteiger partial charge in [0.05, 0.1) is 15.7 Å². The van der Waals surface area contributed by atoms with Gasteiger partial charge in [-0.1, -0.05) is 36.2 Å². The molecule has 1 atom stereocenters. The molecule has 3 nitrogen and oxygen atoms in total. The van der Waals surface area contributed by atoms with Crippen molar-refractivity contribution < 1.29 is 0 Å². The van der Waals surface area contributed by atoms with E-state index in [1.807, 2.05) is 36.9 Å². The van der Waals surface area contributed by atoms with Crippen LogP contribution in [-0.2, 0) is 19.9 Å². The van der Waals surface area contributed by atoms with E-state index < -0.39 is 0 Å². The Morgan fingerprint density at radius 1 is 1.19 bits per heavy atom. The van der Waals surface area contributed by atoms with E-state index in [4.69, 9.17) is 23.2 Å². The minimum absolute atomic E-state index is 0.349. The molecule has 0 aliphatic heterocycles. The monoisotopic (exact) mass is 325 g/mol. The molecule has 1 unspecified atom stereocenters. The van der Waals surface area contributed by atoms with Crippen LogP contribution in [0.25, 0.3) is 0 Å². The quantitative estimate of drug-likeness (QED) is 0.875. The van der Waals surface area contributed by atoms with Crippen LogP contribution in [0.2, 0.25) is 10.0 Å². The molecule has 0 fully saturated rings. The van der Waals surface area contributed by atoms with Crippen LogP contribution in [0.1, 0.15) is 23.9 Å². The summed E-state index contributed by atoms with van der Waals surface area (Å²) >= 11 is 12.1. The van der Waals surface area contributed by atoms with Gasteiger partial charge in [-0.25, -0.2) is 0 Å². The molecule has 0 amide bonds. The third-order valence-electron chi connectivity index (χ3n) is 3.51. The molecule has 0 bridgehead atoms. The molecular formula is C16H21Cl2N3. The number of benzene rings is 1. The van der Waals surface area contributed by atoms with Crippen LogP contribution in [-0.4, -0.2) is 22.4 Å². The first-order valence-corrected chi connectivity index (χ1v) is 7.92. The van der Waals surface area contributed by atoms with Crippen molar-refractivity contribution >= 4 is 23.2 Å². The highest BCUT2D eigenvalue weighted by atomic mass is 35.5. The molecule has 114 valence electrons. The van der Waals surface area contributed by atoms with Gasteiger partial charge in [-0.05, 0) is 43.7 Å². The summed E-state index contributed by atoms with van der Waals surface area (Å²) in [5.74, 6) is 0. The summed E-state index contributed by atoms with van der Waals surface area (Å²) in [6.45, 7) is 5.07. The van der Waals surface area contributed by atoms with Crippen molar-refractivity contribution in [3.63, 3.8) is 0 Å². The van der Waals surface area contributed by atoms with E-state index >= 15 is 0 Å². The highest BCUT2D eigenvalue weighted by Gasteiger charge is 2.13. The summed E-state index contributed by atoms with van der Waals surface area (Å²) in [4.78, 5) is 0. The summed E-state index contributed by atoms with van der Waals surface area (Å²) in [5, 5.41) is 9.15. The summed E-state index contributed by atoms with van der Waals surface area (Å²) < 4.78 is 1.95. The number of halogens is 2. The summed E-state index contributed by atoms with van der Waals surface area (Å²) in [6.07, 6.45) is 1.85. The molecule has 2 rings (SSSR count). The average molecular weight is 326 g/mol. The fourth-order valence-electron chi connectivity index (χ4n) is 2.56. The average Bonchev–Trinajstić information content (AvgIpc) is 2.72. The number of hydrogen-bond donors (Lipinski definition) is 1. The van der Waals surface area contributed by atoms with E-state index in [2.05, 4.69) is 23.4 Å². The lowest BCUT2D eigenvalue weighted by atomic mass is 10.0. The Morgan fingerprint density at radius 3 is 2.52 bits per heavy atom. The van der Waals surface area contributed by atoms with Crippen LogP contribution in [0, 0.1) is 6.92 Å². The maximum Gasteiger partial charge on any atom is 0.0596 e. The van der Waals surface area contributed by atoms with Gasteiger partial charge in [-0.15, -0.1) is 0 Å². The van der Waals surface area contributed by atoms with Crippen molar-refractivity contribution in [1.82, 2.24) is 15.1 Å². The van der Waals surface area contributed by atoms with E-state index in [0.29, 0.717) is 16.1 Å². The van der Waals surface area contributed by atoms with Gasteiger partial charge in [0.25, 0.3) is 0 Å². The molecular weight excluding hydrogens is 305 g/mol. The molecule has 0 saturated heterocycles. The molecule has 21 heavy (non-hydrogen) atoms. The van der Waals surface area contributed by atoms with Gasteiger partial charge in [0, 0.05) is 25.2 Å². The van der Waals surface area contributed by atoms with E-state index in [1.165, 1.54) is 11.3 Å². The van der Waals surface area contributed by atoms with Crippen molar-refractivity contribution in [3.05, 3.63) is 51.3 Å². The molecule has 1 aromatic heterocycles. The minimum atomic E-state index is 0.349. The zero-order chi connectivity index (χ0) is 15.4. The molecule has 1 N–H and O–H groups in total. The van der Waals surface area contributed by atoms with Crippen molar-refractivity contribution in [2.45, 2.75) is 32.7 Å². The maximum absolute atomic E-state index is 6.10. The zero-order valence-electron chi connectivity index (χ0n) is 12.7. The largest absolute Gasteiger partial charge is 0.314 e. The Kier molecular flexibility index (Phi) is 5.68. The Balaban J connectivity index is 2.11. The van der Waals surface area contributed by atoms with E-state index in [1.54, 1.807) is 0 Å². The second-order valence-corrected chi connectivity index (χ2v) is 6.13.